The maximum absolute atomic E-state index is 11.4. The van der Waals surface area contributed by atoms with E-state index in [4.69, 9.17) is 0 Å². The van der Waals surface area contributed by atoms with E-state index in [9.17, 15) is 4.79 Å². The summed E-state index contributed by atoms with van der Waals surface area (Å²) in [5.41, 5.74) is 2.10. The molecule has 2 heteroatoms. The lowest BCUT2D eigenvalue weighted by Gasteiger charge is -2.16. The van der Waals surface area contributed by atoms with Crippen LogP contribution in [0.2, 0.25) is 0 Å². The zero-order chi connectivity index (χ0) is 8.88. The van der Waals surface area contributed by atoms with Gasteiger partial charge in [-0.15, -0.1) is 0 Å². The van der Waals surface area contributed by atoms with E-state index >= 15 is 0 Å². The standard InChI is InChI=1S/C10H13NO/c1-6-7(2)10-9(12)4-5-11(10)8(6)3/h6,10H,2-5H2,1H3. The molecule has 0 amide bonds. The Morgan fingerprint density at radius 3 is 2.75 bits per heavy atom. The fourth-order valence-corrected chi connectivity index (χ4v) is 2.09. The van der Waals surface area contributed by atoms with Gasteiger partial charge in [-0.3, -0.25) is 4.79 Å². The van der Waals surface area contributed by atoms with Crippen LogP contribution in [0.15, 0.2) is 24.4 Å². The zero-order valence-electron chi connectivity index (χ0n) is 7.34. The number of ketones is 1. The summed E-state index contributed by atoms with van der Waals surface area (Å²) < 4.78 is 0. The monoisotopic (exact) mass is 163 g/mol. The molecule has 0 spiro atoms. The van der Waals surface area contributed by atoms with Crippen molar-refractivity contribution >= 4 is 5.78 Å². The number of nitrogens with zero attached hydrogens (tertiary/aromatic N) is 1. The molecule has 0 aliphatic carbocycles. The molecule has 0 N–H and O–H groups in total. The van der Waals surface area contributed by atoms with Crippen molar-refractivity contribution in [3.8, 4) is 0 Å². The Labute approximate surface area is 72.6 Å². The van der Waals surface area contributed by atoms with E-state index in [0.717, 1.165) is 17.8 Å². The van der Waals surface area contributed by atoms with Gasteiger partial charge in [0.1, 0.15) is 6.04 Å². The van der Waals surface area contributed by atoms with E-state index in [1.807, 2.05) is 0 Å². The van der Waals surface area contributed by atoms with Crippen LogP contribution in [-0.4, -0.2) is 23.3 Å². The number of hydrogen-bond donors (Lipinski definition) is 0. The molecular weight excluding hydrogens is 150 g/mol. The SMILES string of the molecule is C=C1C(C)C(=C)N2CCC(=O)C12. The summed E-state index contributed by atoms with van der Waals surface area (Å²) >= 11 is 0. The molecule has 2 unspecified atom stereocenters. The fraction of sp³-hybridized carbons (Fsp3) is 0.500. The van der Waals surface area contributed by atoms with E-state index < -0.39 is 0 Å². The Balaban J connectivity index is 2.38. The lowest BCUT2D eigenvalue weighted by Crippen LogP contribution is -2.25. The van der Waals surface area contributed by atoms with Gasteiger partial charge in [0.15, 0.2) is 5.78 Å². The summed E-state index contributed by atoms with van der Waals surface area (Å²) in [5, 5.41) is 0. The zero-order valence-corrected chi connectivity index (χ0v) is 7.34. The molecule has 2 aliphatic heterocycles. The largest absolute Gasteiger partial charge is 0.361 e. The molecule has 2 rings (SSSR count). The minimum Gasteiger partial charge on any atom is -0.361 e. The van der Waals surface area contributed by atoms with Gasteiger partial charge in [0.25, 0.3) is 0 Å². The predicted molar refractivity (Wildman–Crippen MR) is 47.6 cm³/mol. The van der Waals surface area contributed by atoms with Crippen LogP contribution in [0.25, 0.3) is 0 Å². The molecule has 2 fully saturated rings. The molecule has 0 aromatic heterocycles. The first-order chi connectivity index (χ1) is 5.63. The van der Waals surface area contributed by atoms with E-state index in [2.05, 4.69) is 25.0 Å². The van der Waals surface area contributed by atoms with Crippen LogP contribution in [0.5, 0.6) is 0 Å². The Hall–Kier alpha value is -1.05. The first kappa shape index (κ1) is 7.59. The van der Waals surface area contributed by atoms with Crippen molar-refractivity contribution in [1.29, 1.82) is 0 Å². The Kier molecular flexibility index (Phi) is 1.40. The number of carbonyl (C=O) groups excluding carboxylic acids is 1. The van der Waals surface area contributed by atoms with Gasteiger partial charge in [0, 0.05) is 24.6 Å². The minimum absolute atomic E-state index is 0.0347. The average molecular weight is 163 g/mol. The number of fused-ring (bicyclic) bond motifs is 1. The second kappa shape index (κ2) is 2.22. The quantitative estimate of drug-likeness (QED) is 0.502. The molecule has 2 atom stereocenters. The summed E-state index contributed by atoms with van der Waals surface area (Å²) in [6, 6.07) is -0.0347. The second-order valence-corrected chi connectivity index (χ2v) is 3.60. The minimum atomic E-state index is -0.0347. The number of hydrogen-bond acceptors (Lipinski definition) is 2. The van der Waals surface area contributed by atoms with E-state index in [1.165, 1.54) is 0 Å². The fourth-order valence-electron chi connectivity index (χ4n) is 2.09. The molecule has 2 saturated heterocycles. The van der Waals surface area contributed by atoms with Crippen LogP contribution in [0.3, 0.4) is 0 Å². The molecule has 0 bridgehead atoms. The maximum atomic E-state index is 11.4. The third-order valence-electron chi connectivity index (χ3n) is 2.99. The highest BCUT2D eigenvalue weighted by atomic mass is 16.1. The Morgan fingerprint density at radius 2 is 2.17 bits per heavy atom. The van der Waals surface area contributed by atoms with Crippen LogP contribution in [0.1, 0.15) is 13.3 Å². The predicted octanol–water partition coefficient (Wildman–Crippen LogP) is 1.35. The molecule has 0 aromatic rings. The average Bonchev–Trinajstić information content (AvgIpc) is 2.51. The molecular formula is C10H13NO. The summed E-state index contributed by atoms with van der Waals surface area (Å²) in [7, 11) is 0. The molecule has 2 heterocycles. The topological polar surface area (TPSA) is 20.3 Å². The third-order valence-corrected chi connectivity index (χ3v) is 2.99. The molecule has 2 nitrogen and oxygen atoms in total. The highest BCUT2D eigenvalue weighted by molar-refractivity contribution is 5.90. The summed E-state index contributed by atoms with van der Waals surface area (Å²) in [6.07, 6.45) is 0.662. The lowest BCUT2D eigenvalue weighted by atomic mass is 9.97. The van der Waals surface area contributed by atoms with Gasteiger partial charge in [-0.1, -0.05) is 20.1 Å². The van der Waals surface area contributed by atoms with Gasteiger partial charge in [-0.05, 0) is 5.57 Å². The van der Waals surface area contributed by atoms with Crippen molar-refractivity contribution in [2.75, 3.05) is 6.54 Å². The van der Waals surface area contributed by atoms with Crippen molar-refractivity contribution in [3.63, 3.8) is 0 Å². The van der Waals surface area contributed by atoms with Gasteiger partial charge < -0.3 is 4.90 Å². The molecule has 12 heavy (non-hydrogen) atoms. The summed E-state index contributed by atoms with van der Waals surface area (Å²) in [4.78, 5) is 13.5. The van der Waals surface area contributed by atoms with Crippen LogP contribution in [0, 0.1) is 5.92 Å². The first-order valence-corrected chi connectivity index (χ1v) is 4.29. The van der Waals surface area contributed by atoms with Crippen molar-refractivity contribution in [2.24, 2.45) is 5.92 Å². The molecule has 0 saturated carbocycles. The van der Waals surface area contributed by atoms with E-state index in [1.54, 1.807) is 0 Å². The van der Waals surface area contributed by atoms with Gasteiger partial charge in [0.05, 0.1) is 0 Å². The van der Waals surface area contributed by atoms with Crippen molar-refractivity contribution in [2.45, 2.75) is 19.4 Å². The number of allylic oxidation sites excluding steroid dienone is 1. The van der Waals surface area contributed by atoms with E-state index in [-0.39, 0.29) is 6.04 Å². The van der Waals surface area contributed by atoms with Gasteiger partial charge in [-0.2, -0.15) is 0 Å². The van der Waals surface area contributed by atoms with E-state index in [0.29, 0.717) is 18.1 Å². The Morgan fingerprint density at radius 1 is 1.50 bits per heavy atom. The lowest BCUT2D eigenvalue weighted by molar-refractivity contribution is -0.118. The summed E-state index contributed by atoms with van der Waals surface area (Å²) in [5.74, 6) is 0.602. The second-order valence-electron chi connectivity index (χ2n) is 3.60. The molecule has 0 radical (unpaired) electrons. The highest BCUT2D eigenvalue weighted by Crippen LogP contribution is 2.39. The molecule has 2 aliphatic rings. The number of carbonyl (C=O) groups is 1. The van der Waals surface area contributed by atoms with Crippen molar-refractivity contribution in [3.05, 3.63) is 24.4 Å². The highest BCUT2D eigenvalue weighted by Gasteiger charge is 2.43. The smallest absolute Gasteiger partial charge is 0.161 e. The Bertz CT molecular complexity index is 280. The third kappa shape index (κ3) is 0.724. The van der Waals surface area contributed by atoms with Gasteiger partial charge in [0.2, 0.25) is 0 Å². The first-order valence-electron chi connectivity index (χ1n) is 4.29. The van der Waals surface area contributed by atoms with Crippen LogP contribution < -0.4 is 0 Å². The molecule has 0 aromatic carbocycles. The number of rotatable bonds is 0. The van der Waals surface area contributed by atoms with Gasteiger partial charge >= 0.3 is 0 Å². The van der Waals surface area contributed by atoms with Crippen molar-refractivity contribution in [1.82, 2.24) is 4.90 Å². The summed E-state index contributed by atoms with van der Waals surface area (Å²) in [6.45, 7) is 10.8. The van der Waals surface area contributed by atoms with Crippen LogP contribution >= 0.6 is 0 Å². The van der Waals surface area contributed by atoms with Crippen LogP contribution in [0.4, 0.5) is 0 Å². The number of Topliss-reactive ketones (excluding diaryl/α,β-unsaturated/α-hetero) is 1. The normalized spacial score (nSPS) is 34.8. The maximum Gasteiger partial charge on any atom is 0.161 e. The van der Waals surface area contributed by atoms with Crippen LogP contribution in [-0.2, 0) is 4.79 Å². The van der Waals surface area contributed by atoms with Crippen molar-refractivity contribution < 1.29 is 4.79 Å². The molecule has 64 valence electrons. The van der Waals surface area contributed by atoms with Gasteiger partial charge in [-0.25, -0.2) is 0 Å².